The second kappa shape index (κ2) is 8.21. The first-order valence-electron chi connectivity index (χ1n) is 5.47. The van der Waals surface area contributed by atoms with Crippen LogP contribution < -0.4 is 10.5 Å². The predicted molar refractivity (Wildman–Crippen MR) is 76.3 cm³/mol. The zero-order valence-electron chi connectivity index (χ0n) is 10.3. The molecule has 0 spiro atoms. The average molecular weight is 318 g/mol. The molecule has 0 saturated carbocycles. The third kappa shape index (κ3) is 6.79. The van der Waals surface area contributed by atoms with E-state index in [1.165, 1.54) is 0 Å². The molecule has 3 N–H and O–H groups in total. The lowest BCUT2D eigenvalue weighted by molar-refractivity contribution is -0.131. The molecular weight excluding hydrogens is 298 g/mol. The maximum absolute atomic E-state index is 11.8. The Morgan fingerprint density at radius 1 is 1.56 bits per heavy atom. The highest BCUT2D eigenvalue weighted by molar-refractivity contribution is 7.99. The van der Waals surface area contributed by atoms with Gasteiger partial charge >= 0.3 is 0 Å². The summed E-state index contributed by atoms with van der Waals surface area (Å²) in [5.74, 6) is 1.65. The van der Waals surface area contributed by atoms with E-state index >= 15 is 0 Å². The van der Waals surface area contributed by atoms with Crippen molar-refractivity contribution in [2.45, 2.75) is 18.9 Å². The van der Waals surface area contributed by atoms with Gasteiger partial charge in [-0.1, -0.05) is 0 Å². The van der Waals surface area contributed by atoms with Crippen molar-refractivity contribution >= 4 is 40.1 Å². The minimum atomic E-state index is -3.15. The Balaban J connectivity index is 0.00000289. The Morgan fingerprint density at radius 3 is 2.72 bits per heavy atom. The molecule has 1 fully saturated rings. The van der Waals surface area contributed by atoms with Crippen LogP contribution in [-0.4, -0.2) is 56.2 Å². The van der Waals surface area contributed by atoms with Crippen LogP contribution in [0, 0.1) is 0 Å². The van der Waals surface area contributed by atoms with Crippen LogP contribution in [0.5, 0.6) is 0 Å². The molecule has 1 saturated heterocycles. The average Bonchev–Trinajstić information content (AvgIpc) is 2.74. The number of amides is 1. The highest BCUT2D eigenvalue weighted by atomic mass is 35.5. The molecule has 0 aromatic heterocycles. The molecule has 1 atom stereocenters. The van der Waals surface area contributed by atoms with Crippen LogP contribution in [0.3, 0.4) is 0 Å². The van der Waals surface area contributed by atoms with Crippen molar-refractivity contribution in [1.82, 2.24) is 9.62 Å². The second-order valence-electron chi connectivity index (χ2n) is 4.05. The van der Waals surface area contributed by atoms with E-state index in [0.29, 0.717) is 25.3 Å². The number of nitrogens with zero attached hydrogens (tertiary/aromatic N) is 1. The van der Waals surface area contributed by atoms with Gasteiger partial charge in [0.05, 0.1) is 18.2 Å². The van der Waals surface area contributed by atoms with Crippen LogP contribution >= 0.6 is 24.2 Å². The van der Waals surface area contributed by atoms with E-state index in [-0.39, 0.29) is 18.3 Å². The van der Waals surface area contributed by atoms with Gasteiger partial charge in [-0.15, -0.1) is 24.2 Å². The fourth-order valence-corrected chi connectivity index (χ4v) is 3.00. The van der Waals surface area contributed by atoms with Gasteiger partial charge < -0.3 is 10.6 Å². The number of thioether (sulfide) groups is 1. The Kier molecular flexibility index (Phi) is 8.20. The Bertz CT molecular complexity index is 358. The van der Waals surface area contributed by atoms with Gasteiger partial charge in [0.15, 0.2) is 0 Å². The lowest BCUT2D eigenvalue weighted by Crippen LogP contribution is -2.42. The molecular formula is C9H20ClN3O3S2. The predicted octanol–water partition coefficient (Wildman–Crippen LogP) is -0.402. The lowest BCUT2D eigenvalue weighted by Gasteiger charge is -2.19. The molecule has 18 heavy (non-hydrogen) atoms. The zero-order valence-corrected chi connectivity index (χ0v) is 12.7. The summed E-state index contributed by atoms with van der Waals surface area (Å²) in [5.41, 5.74) is 5.77. The molecule has 1 aliphatic rings. The van der Waals surface area contributed by atoms with Gasteiger partial charge in [-0.05, 0) is 12.8 Å². The highest BCUT2D eigenvalue weighted by Gasteiger charge is 2.23. The molecule has 9 heteroatoms. The van der Waals surface area contributed by atoms with E-state index in [4.69, 9.17) is 5.73 Å². The first-order chi connectivity index (χ1) is 7.90. The van der Waals surface area contributed by atoms with Gasteiger partial charge in [-0.2, -0.15) is 0 Å². The molecule has 1 aliphatic heterocycles. The smallest absolute Gasteiger partial charge is 0.240 e. The van der Waals surface area contributed by atoms with E-state index in [0.717, 1.165) is 18.6 Å². The summed E-state index contributed by atoms with van der Waals surface area (Å²) in [6.45, 7) is 1.09. The van der Waals surface area contributed by atoms with Crippen LogP contribution in [-0.2, 0) is 14.8 Å². The molecule has 1 heterocycles. The number of carbonyl (C=O) groups is 1. The van der Waals surface area contributed by atoms with E-state index in [9.17, 15) is 13.2 Å². The van der Waals surface area contributed by atoms with E-state index in [1.807, 2.05) is 0 Å². The number of nitrogens with one attached hydrogen (secondary N) is 1. The molecule has 0 radical (unpaired) electrons. The zero-order chi connectivity index (χ0) is 12.9. The summed E-state index contributed by atoms with van der Waals surface area (Å²) in [7, 11) is -3.15. The lowest BCUT2D eigenvalue weighted by atomic mass is 10.1. The Morgan fingerprint density at radius 2 is 2.22 bits per heavy atom. The molecule has 1 unspecified atom stereocenters. The minimum absolute atomic E-state index is 0. The molecule has 0 aromatic carbocycles. The van der Waals surface area contributed by atoms with Crippen molar-refractivity contribution in [2.75, 3.05) is 31.0 Å². The maximum Gasteiger partial charge on any atom is 0.240 e. The number of hydrogen-bond acceptors (Lipinski definition) is 5. The summed E-state index contributed by atoms with van der Waals surface area (Å²) in [4.78, 5) is 13.5. The third-order valence-electron chi connectivity index (χ3n) is 2.44. The SMILES string of the molecule is CS(=O)(=O)NCCCC(N)C(=O)N1CCSC1.Cl. The van der Waals surface area contributed by atoms with Gasteiger partial charge in [0.25, 0.3) is 0 Å². The molecule has 0 aromatic rings. The molecule has 108 valence electrons. The molecule has 1 rings (SSSR count). The maximum atomic E-state index is 11.8. The highest BCUT2D eigenvalue weighted by Crippen LogP contribution is 2.14. The van der Waals surface area contributed by atoms with Crippen LogP contribution in [0.2, 0.25) is 0 Å². The first kappa shape index (κ1) is 18.0. The quantitative estimate of drug-likeness (QED) is 0.650. The summed E-state index contributed by atoms with van der Waals surface area (Å²) in [6, 6.07) is -0.518. The van der Waals surface area contributed by atoms with Gasteiger partial charge in [0, 0.05) is 18.8 Å². The fraction of sp³-hybridized carbons (Fsp3) is 0.889. The normalized spacial score (nSPS) is 17.3. The van der Waals surface area contributed by atoms with Gasteiger partial charge in [-0.3, -0.25) is 4.79 Å². The second-order valence-corrected chi connectivity index (χ2v) is 6.96. The first-order valence-corrected chi connectivity index (χ1v) is 8.51. The Labute approximate surface area is 119 Å². The van der Waals surface area contributed by atoms with Crippen LogP contribution in [0.15, 0.2) is 0 Å². The van der Waals surface area contributed by atoms with Gasteiger partial charge in [-0.25, -0.2) is 13.1 Å². The van der Waals surface area contributed by atoms with Gasteiger partial charge in [0.1, 0.15) is 0 Å². The van der Waals surface area contributed by atoms with Crippen molar-refractivity contribution in [2.24, 2.45) is 5.73 Å². The topological polar surface area (TPSA) is 92.5 Å². The third-order valence-corrected chi connectivity index (χ3v) is 4.13. The van der Waals surface area contributed by atoms with Gasteiger partial charge in [0.2, 0.25) is 15.9 Å². The number of carbonyl (C=O) groups excluding carboxylic acids is 1. The van der Waals surface area contributed by atoms with Crippen LogP contribution in [0.4, 0.5) is 0 Å². The minimum Gasteiger partial charge on any atom is -0.331 e. The summed E-state index contributed by atoms with van der Waals surface area (Å²) in [5, 5.41) is 0. The number of nitrogens with two attached hydrogens (primary N) is 1. The van der Waals surface area contributed by atoms with Crippen molar-refractivity contribution in [3.63, 3.8) is 0 Å². The van der Waals surface area contributed by atoms with E-state index in [1.54, 1.807) is 16.7 Å². The summed E-state index contributed by atoms with van der Waals surface area (Å²) in [6.07, 6.45) is 2.18. The van der Waals surface area contributed by atoms with Crippen molar-refractivity contribution < 1.29 is 13.2 Å². The molecule has 0 aliphatic carbocycles. The number of sulfonamides is 1. The Hall–Kier alpha value is -0.0200. The summed E-state index contributed by atoms with van der Waals surface area (Å²) >= 11 is 1.72. The number of halogens is 1. The monoisotopic (exact) mass is 317 g/mol. The van der Waals surface area contributed by atoms with Crippen LogP contribution in [0.25, 0.3) is 0 Å². The number of hydrogen-bond donors (Lipinski definition) is 2. The standard InChI is InChI=1S/C9H19N3O3S2.ClH/c1-17(14,15)11-4-2-3-8(10)9(13)12-5-6-16-7-12;/h8,11H,2-7,10H2,1H3;1H. The summed E-state index contributed by atoms with van der Waals surface area (Å²) < 4.78 is 24.0. The molecule has 1 amide bonds. The van der Waals surface area contributed by atoms with Crippen molar-refractivity contribution in [3.05, 3.63) is 0 Å². The van der Waals surface area contributed by atoms with E-state index in [2.05, 4.69) is 4.72 Å². The fourth-order valence-electron chi connectivity index (χ4n) is 1.53. The molecule has 0 bridgehead atoms. The largest absolute Gasteiger partial charge is 0.331 e. The molecule has 6 nitrogen and oxygen atoms in total. The van der Waals surface area contributed by atoms with Crippen molar-refractivity contribution in [3.8, 4) is 0 Å². The van der Waals surface area contributed by atoms with Crippen LogP contribution in [0.1, 0.15) is 12.8 Å². The van der Waals surface area contributed by atoms with E-state index < -0.39 is 16.1 Å². The van der Waals surface area contributed by atoms with Crippen molar-refractivity contribution in [1.29, 1.82) is 0 Å². The number of rotatable bonds is 6.